The number of nitrogens with two attached hydrogens (primary N) is 1. The molecule has 1 aromatic heterocycles. The summed E-state index contributed by atoms with van der Waals surface area (Å²) >= 11 is 0. The van der Waals surface area contributed by atoms with E-state index < -0.39 is 11.7 Å². The molecule has 0 saturated carbocycles. The van der Waals surface area contributed by atoms with Crippen LogP contribution in [0.25, 0.3) is 0 Å². The number of aryl methyl sites for hydroxylation is 2. The van der Waals surface area contributed by atoms with Gasteiger partial charge >= 0.3 is 0 Å². The van der Waals surface area contributed by atoms with E-state index in [0.717, 1.165) is 11.1 Å². The fraction of sp³-hybridized carbons (Fsp3) is 0.143. The molecule has 0 atom stereocenters. The number of aromatic nitrogens is 1. The highest BCUT2D eigenvalue weighted by Gasteiger charge is 2.13. The van der Waals surface area contributed by atoms with E-state index in [4.69, 9.17) is 5.73 Å². The van der Waals surface area contributed by atoms with Crippen molar-refractivity contribution in [3.8, 4) is 0 Å². The van der Waals surface area contributed by atoms with E-state index in [1.54, 1.807) is 26.0 Å². The molecular weight excluding hydrogens is 245 g/mol. The number of halogens is 1. The van der Waals surface area contributed by atoms with Crippen molar-refractivity contribution in [2.45, 2.75) is 13.8 Å². The fourth-order valence-electron chi connectivity index (χ4n) is 1.72. The summed E-state index contributed by atoms with van der Waals surface area (Å²) in [5.74, 6) is -0.710. The number of anilines is 2. The molecule has 0 spiro atoms. The molecule has 0 radical (unpaired) electrons. The molecular formula is C14H14FN3O. The average molecular weight is 259 g/mol. The average Bonchev–Trinajstić information content (AvgIpc) is 2.35. The third kappa shape index (κ3) is 2.88. The van der Waals surface area contributed by atoms with Gasteiger partial charge in [-0.3, -0.25) is 4.79 Å². The van der Waals surface area contributed by atoms with Crippen molar-refractivity contribution in [3.63, 3.8) is 0 Å². The van der Waals surface area contributed by atoms with E-state index in [2.05, 4.69) is 10.3 Å². The second-order valence-corrected chi connectivity index (χ2v) is 4.37. The van der Waals surface area contributed by atoms with Crippen LogP contribution in [0.4, 0.5) is 15.9 Å². The molecule has 0 fully saturated rings. The number of hydrogen-bond donors (Lipinski definition) is 2. The summed E-state index contributed by atoms with van der Waals surface area (Å²) in [6, 6.07) is 6.07. The summed E-state index contributed by atoms with van der Waals surface area (Å²) in [5.41, 5.74) is 7.62. The Labute approximate surface area is 110 Å². The molecule has 98 valence electrons. The summed E-state index contributed by atoms with van der Waals surface area (Å²) in [4.78, 5) is 16.0. The Balaban J connectivity index is 2.28. The van der Waals surface area contributed by atoms with Crippen LogP contribution in [0.2, 0.25) is 0 Å². The Bertz CT molecular complexity index is 641. The number of amides is 1. The van der Waals surface area contributed by atoms with Crippen molar-refractivity contribution >= 4 is 17.4 Å². The molecule has 1 amide bonds. The zero-order chi connectivity index (χ0) is 14.0. The molecule has 0 aliphatic rings. The molecule has 2 aromatic rings. The van der Waals surface area contributed by atoms with Crippen LogP contribution in [0.5, 0.6) is 0 Å². The second kappa shape index (κ2) is 5.06. The fourth-order valence-corrected chi connectivity index (χ4v) is 1.72. The molecule has 2 rings (SSSR count). The molecule has 0 saturated heterocycles. The first-order valence-electron chi connectivity index (χ1n) is 5.77. The Morgan fingerprint density at radius 2 is 2.05 bits per heavy atom. The quantitative estimate of drug-likeness (QED) is 0.871. The molecule has 1 aromatic carbocycles. The number of nitrogens with one attached hydrogen (secondary N) is 1. The first kappa shape index (κ1) is 13.0. The summed E-state index contributed by atoms with van der Waals surface area (Å²) < 4.78 is 13.6. The minimum atomic E-state index is -0.559. The highest BCUT2D eigenvalue weighted by Crippen LogP contribution is 2.16. The van der Waals surface area contributed by atoms with Crippen LogP contribution in [-0.2, 0) is 0 Å². The van der Waals surface area contributed by atoms with Crippen molar-refractivity contribution in [1.29, 1.82) is 0 Å². The van der Waals surface area contributed by atoms with Crippen LogP contribution >= 0.6 is 0 Å². The predicted octanol–water partition coefficient (Wildman–Crippen LogP) is 2.67. The van der Waals surface area contributed by atoms with Gasteiger partial charge in [0, 0.05) is 0 Å². The van der Waals surface area contributed by atoms with Crippen LogP contribution in [0.15, 0.2) is 30.5 Å². The number of pyridine rings is 1. The summed E-state index contributed by atoms with van der Waals surface area (Å²) in [5, 5.41) is 2.58. The van der Waals surface area contributed by atoms with Crippen molar-refractivity contribution in [3.05, 3.63) is 53.0 Å². The molecule has 0 aliphatic heterocycles. The lowest BCUT2D eigenvalue weighted by molar-refractivity contribution is 0.102. The smallest absolute Gasteiger partial charge is 0.259 e. The maximum absolute atomic E-state index is 13.6. The molecule has 0 bridgehead atoms. The van der Waals surface area contributed by atoms with Crippen LogP contribution in [0.1, 0.15) is 21.5 Å². The number of carbonyl (C=O) groups is 1. The predicted molar refractivity (Wildman–Crippen MR) is 72.5 cm³/mol. The van der Waals surface area contributed by atoms with Crippen molar-refractivity contribution in [1.82, 2.24) is 4.98 Å². The van der Waals surface area contributed by atoms with Gasteiger partial charge in [-0.25, -0.2) is 9.37 Å². The third-order valence-electron chi connectivity index (χ3n) is 2.70. The third-order valence-corrected chi connectivity index (χ3v) is 2.70. The van der Waals surface area contributed by atoms with Gasteiger partial charge in [-0.1, -0.05) is 11.6 Å². The molecule has 19 heavy (non-hydrogen) atoms. The zero-order valence-corrected chi connectivity index (χ0v) is 10.7. The van der Waals surface area contributed by atoms with E-state index in [9.17, 15) is 9.18 Å². The normalized spacial score (nSPS) is 10.3. The van der Waals surface area contributed by atoms with E-state index in [-0.39, 0.29) is 5.56 Å². The van der Waals surface area contributed by atoms with Gasteiger partial charge in [-0.2, -0.15) is 0 Å². The summed E-state index contributed by atoms with van der Waals surface area (Å²) in [6.45, 7) is 3.56. The number of nitrogens with zero attached hydrogens (tertiary/aromatic N) is 1. The van der Waals surface area contributed by atoms with Gasteiger partial charge in [-0.05, 0) is 37.6 Å². The van der Waals surface area contributed by atoms with Crippen LogP contribution in [0, 0.1) is 19.7 Å². The number of rotatable bonds is 2. The van der Waals surface area contributed by atoms with Gasteiger partial charge in [0.15, 0.2) is 0 Å². The van der Waals surface area contributed by atoms with E-state index in [1.807, 2.05) is 0 Å². The van der Waals surface area contributed by atoms with Gasteiger partial charge in [0.25, 0.3) is 5.91 Å². The maximum Gasteiger partial charge on any atom is 0.259 e. The number of nitrogen functional groups attached to an aromatic ring is 1. The first-order chi connectivity index (χ1) is 8.97. The van der Waals surface area contributed by atoms with Crippen molar-refractivity contribution < 1.29 is 9.18 Å². The molecule has 0 aliphatic carbocycles. The zero-order valence-electron chi connectivity index (χ0n) is 10.7. The monoisotopic (exact) mass is 259 g/mol. The molecule has 3 N–H and O–H groups in total. The highest BCUT2D eigenvalue weighted by atomic mass is 19.1. The second-order valence-electron chi connectivity index (χ2n) is 4.37. The topological polar surface area (TPSA) is 68.0 Å². The van der Waals surface area contributed by atoms with Crippen LogP contribution in [-0.4, -0.2) is 10.9 Å². The SMILES string of the molecule is Cc1ccc(F)c(C(=O)Nc2ncc(N)cc2C)c1. The highest BCUT2D eigenvalue weighted by molar-refractivity contribution is 6.04. The minimum absolute atomic E-state index is 0.00183. The Kier molecular flexibility index (Phi) is 3.46. The van der Waals surface area contributed by atoms with Crippen LogP contribution < -0.4 is 11.1 Å². The van der Waals surface area contributed by atoms with Gasteiger partial charge < -0.3 is 11.1 Å². The number of benzene rings is 1. The first-order valence-corrected chi connectivity index (χ1v) is 5.77. The Morgan fingerprint density at radius 3 is 2.74 bits per heavy atom. The Hall–Kier alpha value is -2.43. The van der Waals surface area contributed by atoms with E-state index in [0.29, 0.717) is 11.5 Å². The number of hydrogen-bond acceptors (Lipinski definition) is 3. The molecule has 0 unspecified atom stereocenters. The molecule has 1 heterocycles. The molecule has 4 nitrogen and oxygen atoms in total. The van der Waals surface area contributed by atoms with Crippen molar-refractivity contribution in [2.24, 2.45) is 0 Å². The summed E-state index contributed by atoms with van der Waals surface area (Å²) in [7, 11) is 0. The van der Waals surface area contributed by atoms with E-state index >= 15 is 0 Å². The van der Waals surface area contributed by atoms with Gasteiger partial charge in [-0.15, -0.1) is 0 Å². The van der Waals surface area contributed by atoms with Gasteiger partial charge in [0.2, 0.25) is 0 Å². The minimum Gasteiger partial charge on any atom is -0.397 e. The number of carbonyl (C=O) groups excluding carboxylic acids is 1. The van der Waals surface area contributed by atoms with Gasteiger partial charge in [0.05, 0.1) is 17.4 Å². The van der Waals surface area contributed by atoms with Crippen LogP contribution in [0.3, 0.4) is 0 Å². The lowest BCUT2D eigenvalue weighted by Crippen LogP contribution is -2.16. The summed E-state index contributed by atoms with van der Waals surface area (Å²) in [6.07, 6.45) is 1.44. The Morgan fingerprint density at radius 1 is 1.32 bits per heavy atom. The largest absolute Gasteiger partial charge is 0.397 e. The molecule has 5 heteroatoms. The van der Waals surface area contributed by atoms with Crippen molar-refractivity contribution in [2.75, 3.05) is 11.1 Å². The lowest BCUT2D eigenvalue weighted by atomic mass is 10.1. The lowest BCUT2D eigenvalue weighted by Gasteiger charge is -2.09. The maximum atomic E-state index is 13.6. The van der Waals surface area contributed by atoms with Gasteiger partial charge in [0.1, 0.15) is 11.6 Å². The standard InChI is InChI=1S/C14H14FN3O/c1-8-3-4-12(15)11(5-8)14(19)18-13-9(2)6-10(16)7-17-13/h3-7H,16H2,1-2H3,(H,17,18,19). The van der Waals surface area contributed by atoms with E-state index in [1.165, 1.54) is 18.3 Å².